The first-order valence-electron chi connectivity index (χ1n) is 6.47. The van der Waals surface area contributed by atoms with Crippen LogP contribution in [0.4, 0.5) is 0 Å². The first kappa shape index (κ1) is 14.8. The molecule has 108 valence electrons. The van der Waals surface area contributed by atoms with Crippen molar-refractivity contribution in [3.8, 4) is 0 Å². The lowest BCUT2D eigenvalue weighted by atomic mass is 10.1. The minimum Gasteiger partial charge on any atom is -0.480 e. The maximum absolute atomic E-state index is 12.3. The molecule has 1 aliphatic rings. The molecule has 1 amide bonds. The summed E-state index contributed by atoms with van der Waals surface area (Å²) in [4.78, 5) is 26.5. The summed E-state index contributed by atoms with van der Waals surface area (Å²) >= 11 is 6.03. The molecule has 0 spiro atoms. The van der Waals surface area contributed by atoms with Crippen LogP contribution in [-0.2, 0) is 4.79 Å². The van der Waals surface area contributed by atoms with Crippen molar-refractivity contribution in [2.45, 2.75) is 6.92 Å². The van der Waals surface area contributed by atoms with Crippen LogP contribution in [0.2, 0.25) is 5.02 Å². The van der Waals surface area contributed by atoms with Crippen LogP contribution < -0.4 is 0 Å². The number of rotatable bonds is 3. The summed E-state index contributed by atoms with van der Waals surface area (Å²) in [6.07, 6.45) is 0. The molecule has 2 rings (SSSR count). The largest absolute Gasteiger partial charge is 0.480 e. The molecule has 1 heterocycles. The highest BCUT2D eigenvalue weighted by Crippen LogP contribution is 2.18. The quantitative estimate of drug-likeness (QED) is 0.918. The zero-order valence-electron chi connectivity index (χ0n) is 11.3. The maximum Gasteiger partial charge on any atom is 0.317 e. The van der Waals surface area contributed by atoms with E-state index in [1.165, 1.54) is 0 Å². The van der Waals surface area contributed by atoms with Crippen molar-refractivity contribution in [2.24, 2.45) is 0 Å². The van der Waals surface area contributed by atoms with Gasteiger partial charge >= 0.3 is 5.97 Å². The molecule has 0 aromatic heterocycles. The number of aliphatic carboxylic acids is 1. The Bertz CT molecular complexity index is 525. The lowest BCUT2D eigenvalue weighted by molar-refractivity contribution is -0.138. The van der Waals surface area contributed by atoms with E-state index >= 15 is 0 Å². The number of hydrogen-bond donors (Lipinski definition) is 1. The molecule has 0 radical (unpaired) electrons. The molecule has 1 aromatic rings. The van der Waals surface area contributed by atoms with Gasteiger partial charge in [-0.25, -0.2) is 0 Å². The van der Waals surface area contributed by atoms with Gasteiger partial charge in [0.05, 0.1) is 6.54 Å². The van der Waals surface area contributed by atoms with E-state index < -0.39 is 5.97 Å². The number of aryl methyl sites for hydroxylation is 1. The minimum atomic E-state index is -0.838. The second kappa shape index (κ2) is 6.24. The third kappa shape index (κ3) is 3.49. The van der Waals surface area contributed by atoms with Gasteiger partial charge in [0.2, 0.25) is 0 Å². The number of benzene rings is 1. The standard InChI is InChI=1S/C14H17ClN2O3/c1-10-2-3-11(8-12(10)15)14(20)17-6-4-16(5-7-17)9-13(18)19/h2-3,8H,4-7,9H2,1H3,(H,18,19). The molecule has 20 heavy (non-hydrogen) atoms. The normalized spacial score (nSPS) is 16.2. The van der Waals surface area contributed by atoms with Crippen molar-refractivity contribution >= 4 is 23.5 Å². The fourth-order valence-corrected chi connectivity index (χ4v) is 2.39. The summed E-state index contributed by atoms with van der Waals surface area (Å²) in [5.41, 5.74) is 1.52. The zero-order chi connectivity index (χ0) is 14.7. The van der Waals surface area contributed by atoms with Gasteiger partial charge in [-0.05, 0) is 24.6 Å². The highest BCUT2D eigenvalue weighted by molar-refractivity contribution is 6.31. The fraction of sp³-hybridized carbons (Fsp3) is 0.429. The Kier molecular flexibility index (Phi) is 4.62. The lowest BCUT2D eigenvalue weighted by Gasteiger charge is -2.33. The predicted octanol–water partition coefficient (Wildman–Crippen LogP) is 1.49. The van der Waals surface area contributed by atoms with Gasteiger partial charge in [0.1, 0.15) is 0 Å². The number of hydrogen-bond acceptors (Lipinski definition) is 3. The molecule has 0 bridgehead atoms. The van der Waals surface area contributed by atoms with Crippen LogP contribution in [0.1, 0.15) is 15.9 Å². The van der Waals surface area contributed by atoms with E-state index in [-0.39, 0.29) is 12.5 Å². The van der Waals surface area contributed by atoms with Crippen molar-refractivity contribution in [1.82, 2.24) is 9.80 Å². The molecule has 1 aliphatic heterocycles. The molecular weight excluding hydrogens is 280 g/mol. The van der Waals surface area contributed by atoms with Crippen molar-refractivity contribution in [1.29, 1.82) is 0 Å². The number of halogens is 1. The summed E-state index contributed by atoms with van der Waals surface area (Å²) in [6, 6.07) is 5.28. The summed E-state index contributed by atoms with van der Waals surface area (Å²) in [5, 5.41) is 9.32. The summed E-state index contributed by atoms with van der Waals surface area (Å²) in [5.74, 6) is -0.892. The van der Waals surface area contributed by atoms with Crippen LogP contribution in [0, 0.1) is 6.92 Å². The first-order valence-corrected chi connectivity index (χ1v) is 6.85. The smallest absolute Gasteiger partial charge is 0.317 e. The van der Waals surface area contributed by atoms with Gasteiger partial charge in [-0.3, -0.25) is 14.5 Å². The topological polar surface area (TPSA) is 60.9 Å². The number of piperazine rings is 1. The van der Waals surface area contributed by atoms with Crippen LogP contribution in [0.3, 0.4) is 0 Å². The molecule has 0 saturated carbocycles. The maximum atomic E-state index is 12.3. The monoisotopic (exact) mass is 296 g/mol. The van der Waals surface area contributed by atoms with E-state index in [1.54, 1.807) is 17.0 Å². The summed E-state index contributed by atoms with van der Waals surface area (Å²) in [6.45, 7) is 4.16. The van der Waals surface area contributed by atoms with Gasteiger partial charge in [-0.15, -0.1) is 0 Å². The lowest BCUT2D eigenvalue weighted by Crippen LogP contribution is -2.49. The molecule has 0 aliphatic carbocycles. The van der Waals surface area contributed by atoms with Gasteiger partial charge < -0.3 is 10.0 Å². The van der Waals surface area contributed by atoms with E-state index in [0.29, 0.717) is 36.8 Å². The van der Waals surface area contributed by atoms with E-state index in [1.807, 2.05) is 17.9 Å². The average molecular weight is 297 g/mol. The van der Waals surface area contributed by atoms with Crippen LogP contribution in [0.25, 0.3) is 0 Å². The number of nitrogens with zero attached hydrogens (tertiary/aromatic N) is 2. The van der Waals surface area contributed by atoms with E-state index in [2.05, 4.69) is 0 Å². The van der Waals surface area contributed by atoms with Gasteiger partial charge in [0.25, 0.3) is 5.91 Å². The molecule has 1 N–H and O–H groups in total. The molecule has 1 aromatic carbocycles. The third-order valence-corrected chi connectivity index (χ3v) is 3.84. The molecule has 5 nitrogen and oxygen atoms in total. The number of carbonyl (C=O) groups excluding carboxylic acids is 1. The Morgan fingerprint density at radius 2 is 1.90 bits per heavy atom. The second-order valence-corrected chi connectivity index (χ2v) is 5.33. The Hall–Kier alpha value is -1.59. The van der Waals surface area contributed by atoms with Crippen molar-refractivity contribution in [3.63, 3.8) is 0 Å². The van der Waals surface area contributed by atoms with Gasteiger partial charge in [0, 0.05) is 36.8 Å². The van der Waals surface area contributed by atoms with Gasteiger partial charge in [0.15, 0.2) is 0 Å². The number of amides is 1. The highest BCUT2D eigenvalue weighted by atomic mass is 35.5. The van der Waals surface area contributed by atoms with Crippen molar-refractivity contribution in [2.75, 3.05) is 32.7 Å². The Balaban J connectivity index is 1.97. The van der Waals surface area contributed by atoms with Crippen LogP contribution in [0.15, 0.2) is 18.2 Å². The third-order valence-electron chi connectivity index (χ3n) is 3.44. The van der Waals surface area contributed by atoms with Crippen LogP contribution >= 0.6 is 11.6 Å². The van der Waals surface area contributed by atoms with E-state index in [9.17, 15) is 9.59 Å². The van der Waals surface area contributed by atoms with Gasteiger partial charge in [-0.1, -0.05) is 17.7 Å². The molecule has 1 fully saturated rings. The van der Waals surface area contributed by atoms with Crippen molar-refractivity contribution < 1.29 is 14.7 Å². The molecule has 0 atom stereocenters. The van der Waals surface area contributed by atoms with Crippen molar-refractivity contribution in [3.05, 3.63) is 34.3 Å². The average Bonchev–Trinajstić information content (AvgIpc) is 2.41. The second-order valence-electron chi connectivity index (χ2n) is 4.93. The summed E-state index contributed by atoms with van der Waals surface area (Å²) < 4.78 is 0. The molecular formula is C14H17ClN2O3. The van der Waals surface area contributed by atoms with E-state index in [0.717, 1.165) is 5.56 Å². The Morgan fingerprint density at radius 1 is 1.25 bits per heavy atom. The summed E-state index contributed by atoms with van der Waals surface area (Å²) in [7, 11) is 0. The highest BCUT2D eigenvalue weighted by Gasteiger charge is 2.23. The van der Waals surface area contributed by atoms with Crippen LogP contribution in [0.5, 0.6) is 0 Å². The SMILES string of the molecule is Cc1ccc(C(=O)N2CCN(CC(=O)O)CC2)cc1Cl. The minimum absolute atomic E-state index is 0.0262. The molecule has 0 unspecified atom stereocenters. The predicted molar refractivity (Wildman–Crippen MR) is 76.2 cm³/mol. The molecule has 6 heteroatoms. The van der Waals surface area contributed by atoms with Gasteiger partial charge in [-0.2, -0.15) is 0 Å². The first-order chi connectivity index (χ1) is 9.47. The Labute approximate surface area is 122 Å². The number of carboxylic acids is 1. The number of carboxylic acid groups (broad SMARTS) is 1. The van der Waals surface area contributed by atoms with E-state index in [4.69, 9.17) is 16.7 Å². The Morgan fingerprint density at radius 3 is 2.45 bits per heavy atom. The van der Waals surface area contributed by atoms with Crippen LogP contribution in [-0.4, -0.2) is 59.5 Å². The zero-order valence-corrected chi connectivity index (χ0v) is 12.1. The fourth-order valence-electron chi connectivity index (χ4n) is 2.21. The molecule has 1 saturated heterocycles. The number of carbonyl (C=O) groups is 2.